The van der Waals surface area contributed by atoms with E-state index in [1.165, 1.54) is 12.1 Å². The summed E-state index contributed by atoms with van der Waals surface area (Å²) in [5.41, 5.74) is 3.57. The molecule has 8 nitrogen and oxygen atoms in total. The fourth-order valence-corrected chi connectivity index (χ4v) is 2.38. The quantitative estimate of drug-likeness (QED) is 0.385. The topological polar surface area (TPSA) is 113 Å². The lowest BCUT2D eigenvalue weighted by Gasteiger charge is -2.14. The van der Waals surface area contributed by atoms with Crippen LogP contribution in [0.5, 0.6) is 5.75 Å². The Hall–Kier alpha value is -3.68. The van der Waals surface area contributed by atoms with Gasteiger partial charge in [0.25, 0.3) is 11.8 Å². The number of carbonyl (C=O) groups excluding carboxylic acids is 2. The van der Waals surface area contributed by atoms with Crippen molar-refractivity contribution in [3.63, 3.8) is 0 Å². The van der Waals surface area contributed by atoms with Gasteiger partial charge in [-0.2, -0.15) is 0 Å². The first-order chi connectivity index (χ1) is 11.9. The minimum atomic E-state index is -0.744. The number of carbonyl (C=O) groups is 2. The van der Waals surface area contributed by atoms with Crippen LogP contribution in [0.25, 0.3) is 6.08 Å². The largest absolute Gasteiger partial charge is 0.502 e. The van der Waals surface area contributed by atoms with Crippen LogP contribution in [-0.2, 0) is 9.59 Å². The zero-order valence-corrected chi connectivity index (χ0v) is 13.1. The van der Waals surface area contributed by atoms with Crippen LogP contribution in [0.4, 0.5) is 11.4 Å². The molecule has 0 bridgehead atoms. The van der Waals surface area contributed by atoms with Gasteiger partial charge in [-0.15, -0.1) is 0 Å². The fourth-order valence-electron chi connectivity index (χ4n) is 2.38. The van der Waals surface area contributed by atoms with Crippen molar-refractivity contribution in [3.8, 4) is 5.75 Å². The van der Waals surface area contributed by atoms with E-state index >= 15 is 0 Å². The predicted octanol–water partition coefficient (Wildman–Crippen LogP) is 2.07. The molecular formula is C17H13N3O5. The first-order valence-electron chi connectivity index (χ1n) is 7.28. The third-order valence-corrected chi connectivity index (χ3v) is 3.69. The Morgan fingerprint density at radius 2 is 1.84 bits per heavy atom. The van der Waals surface area contributed by atoms with Crippen molar-refractivity contribution in [2.45, 2.75) is 6.92 Å². The molecule has 1 heterocycles. The number of aromatic hydroxyl groups is 1. The molecule has 3 rings (SSSR count). The maximum atomic E-state index is 12.5. The number of hydrogen-bond acceptors (Lipinski definition) is 5. The van der Waals surface area contributed by atoms with E-state index in [0.717, 1.165) is 22.7 Å². The molecule has 1 fully saturated rings. The SMILES string of the molecule is Cc1ccc(N2NC(=O)C(=Cc3ccc(O)c([N+](=O)[O-])c3)C2=O)cc1. The number of phenolic OH excluding ortho intramolecular Hbond substituents is 1. The maximum Gasteiger partial charge on any atom is 0.311 e. The third kappa shape index (κ3) is 3.05. The number of nitro benzene ring substituents is 1. The van der Waals surface area contributed by atoms with Crippen LogP contribution in [0.3, 0.4) is 0 Å². The lowest BCUT2D eigenvalue weighted by atomic mass is 10.1. The molecule has 2 aromatic carbocycles. The molecule has 0 aliphatic carbocycles. The highest BCUT2D eigenvalue weighted by Gasteiger charge is 2.34. The number of nitrogens with one attached hydrogen (secondary N) is 1. The number of nitro groups is 1. The second-order valence-electron chi connectivity index (χ2n) is 5.48. The molecule has 1 aliphatic rings. The van der Waals surface area contributed by atoms with E-state index in [1.807, 2.05) is 6.92 Å². The van der Waals surface area contributed by atoms with Crippen LogP contribution < -0.4 is 10.4 Å². The van der Waals surface area contributed by atoms with Gasteiger partial charge in [0.15, 0.2) is 5.75 Å². The average Bonchev–Trinajstić information content (AvgIpc) is 2.85. The minimum absolute atomic E-state index is 0.152. The van der Waals surface area contributed by atoms with Gasteiger partial charge in [-0.3, -0.25) is 25.1 Å². The second-order valence-corrected chi connectivity index (χ2v) is 5.48. The highest BCUT2D eigenvalue weighted by atomic mass is 16.6. The van der Waals surface area contributed by atoms with Gasteiger partial charge in [0, 0.05) is 6.07 Å². The number of rotatable bonds is 3. The first kappa shape index (κ1) is 16.2. The smallest absolute Gasteiger partial charge is 0.311 e. The van der Waals surface area contributed by atoms with Crippen molar-refractivity contribution in [2.75, 3.05) is 5.01 Å². The molecule has 2 N–H and O–H groups in total. The van der Waals surface area contributed by atoms with Crippen molar-refractivity contribution in [1.29, 1.82) is 0 Å². The van der Waals surface area contributed by atoms with E-state index in [4.69, 9.17) is 0 Å². The number of hydrogen-bond donors (Lipinski definition) is 2. The fraction of sp³-hybridized carbons (Fsp3) is 0.0588. The van der Waals surface area contributed by atoms with Crippen molar-refractivity contribution in [3.05, 3.63) is 69.3 Å². The molecule has 0 spiro atoms. The van der Waals surface area contributed by atoms with E-state index < -0.39 is 28.2 Å². The number of amides is 2. The summed E-state index contributed by atoms with van der Waals surface area (Å²) >= 11 is 0. The van der Waals surface area contributed by atoms with Crippen LogP contribution in [-0.4, -0.2) is 21.8 Å². The number of aryl methyl sites for hydroxylation is 1. The molecule has 25 heavy (non-hydrogen) atoms. The minimum Gasteiger partial charge on any atom is -0.502 e. The monoisotopic (exact) mass is 339 g/mol. The van der Waals surface area contributed by atoms with Crippen LogP contribution in [0.2, 0.25) is 0 Å². The summed E-state index contributed by atoms with van der Waals surface area (Å²) in [6.07, 6.45) is 1.25. The van der Waals surface area contributed by atoms with Crippen molar-refractivity contribution >= 4 is 29.3 Å². The average molecular weight is 339 g/mol. The highest BCUT2D eigenvalue weighted by molar-refractivity contribution is 6.31. The Morgan fingerprint density at radius 1 is 1.16 bits per heavy atom. The summed E-state index contributed by atoms with van der Waals surface area (Å²) in [7, 11) is 0. The molecular weight excluding hydrogens is 326 g/mol. The van der Waals surface area contributed by atoms with Crippen molar-refractivity contribution in [2.24, 2.45) is 0 Å². The van der Waals surface area contributed by atoms with Gasteiger partial charge < -0.3 is 5.11 Å². The molecule has 8 heteroatoms. The molecule has 0 saturated carbocycles. The Kier molecular flexibility index (Phi) is 3.94. The molecule has 2 aromatic rings. The summed E-state index contributed by atoms with van der Waals surface area (Å²) in [4.78, 5) is 34.7. The number of phenols is 1. The molecule has 1 aliphatic heterocycles. The summed E-state index contributed by atoms with van der Waals surface area (Å²) in [6, 6.07) is 10.6. The maximum absolute atomic E-state index is 12.5. The van der Waals surface area contributed by atoms with Gasteiger partial charge in [-0.25, -0.2) is 5.01 Å². The van der Waals surface area contributed by atoms with Gasteiger partial charge in [0.2, 0.25) is 0 Å². The van der Waals surface area contributed by atoms with Gasteiger partial charge in [0.05, 0.1) is 10.6 Å². The lowest BCUT2D eigenvalue weighted by Crippen LogP contribution is -2.35. The van der Waals surface area contributed by atoms with Gasteiger partial charge in [-0.05, 0) is 36.8 Å². The predicted molar refractivity (Wildman–Crippen MR) is 89.5 cm³/mol. The zero-order chi connectivity index (χ0) is 18.1. The van der Waals surface area contributed by atoms with E-state index in [0.29, 0.717) is 5.69 Å². The summed E-state index contributed by atoms with van der Waals surface area (Å²) < 4.78 is 0. The van der Waals surface area contributed by atoms with Crippen LogP contribution in [0.1, 0.15) is 11.1 Å². The molecule has 0 unspecified atom stereocenters. The zero-order valence-electron chi connectivity index (χ0n) is 13.1. The number of anilines is 1. The Balaban J connectivity index is 1.95. The van der Waals surface area contributed by atoms with Gasteiger partial charge in [-0.1, -0.05) is 23.8 Å². The molecule has 126 valence electrons. The van der Waals surface area contributed by atoms with Crippen LogP contribution >= 0.6 is 0 Å². The van der Waals surface area contributed by atoms with E-state index in [-0.39, 0.29) is 11.1 Å². The molecule has 0 radical (unpaired) electrons. The van der Waals surface area contributed by atoms with E-state index in [1.54, 1.807) is 24.3 Å². The number of nitrogens with zero attached hydrogens (tertiary/aromatic N) is 2. The molecule has 1 saturated heterocycles. The summed E-state index contributed by atoms with van der Waals surface area (Å²) in [6.45, 7) is 1.90. The first-order valence-corrected chi connectivity index (χ1v) is 7.28. The lowest BCUT2D eigenvalue weighted by molar-refractivity contribution is -0.385. The molecule has 2 amide bonds. The van der Waals surface area contributed by atoms with Crippen molar-refractivity contribution in [1.82, 2.24) is 5.43 Å². The van der Waals surface area contributed by atoms with Gasteiger partial charge >= 0.3 is 5.69 Å². The standard InChI is InChI=1S/C17H13N3O5/c1-10-2-5-12(6-3-10)19-17(23)13(16(22)18-19)8-11-4-7-15(21)14(9-11)20(24)25/h2-9,21H,1H3,(H,18,22). The third-order valence-electron chi connectivity index (χ3n) is 3.69. The number of hydrazine groups is 1. The molecule has 0 atom stereocenters. The normalized spacial score (nSPS) is 15.6. The Morgan fingerprint density at radius 3 is 2.48 bits per heavy atom. The van der Waals surface area contributed by atoms with Crippen molar-refractivity contribution < 1.29 is 19.6 Å². The molecule has 0 aromatic heterocycles. The summed E-state index contributed by atoms with van der Waals surface area (Å²) in [5.74, 6) is -1.67. The second kappa shape index (κ2) is 6.08. The van der Waals surface area contributed by atoms with E-state index in [2.05, 4.69) is 5.43 Å². The van der Waals surface area contributed by atoms with Crippen LogP contribution in [0, 0.1) is 17.0 Å². The number of benzene rings is 2. The Labute approximate surface area is 142 Å². The van der Waals surface area contributed by atoms with E-state index in [9.17, 15) is 24.8 Å². The van der Waals surface area contributed by atoms with Crippen LogP contribution in [0.15, 0.2) is 48.0 Å². The highest BCUT2D eigenvalue weighted by Crippen LogP contribution is 2.28. The summed E-state index contributed by atoms with van der Waals surface area (Å²) in [5, 5.41) is 21.5. The Bertz CT molecular complexity index is 918. The van der Waals surface area contributed by atoms with Gasteiger partial charge in [0.1, 0.15) is 5.57 Å².